The lowest BCUT2D eigenvalue weighted by atomic mass is 10.1. The predicted octanol–water partition coefficient (Wildman–Crippen LogP) is -1.29. The minimum atomic E-state index is -3.99. The summed E-state index contributed by atoms with van der Waals surface area (Å²) in [6, 6.07) is 0. The van der Waals surface area contributed by atoms with Crippen molar-refractivity contribution in [2.24, 2.45) is 0 Å². The van der Waals surface area contributed by atoms with Gasteiger partial charge in [-0.25, -0.2) is 13.1 Å². The molecule has 80 valence electrons. The van der Waals surface area contributed by atoms with Crippen molar-refractivity contribution in [3.63, 3.8) is 0 Å². The minimum absolute atomic E-state index is 0.0108. The van der Waals surface area contributed by atoms with Gasteiger partial charge in [-0.3, -0.25) is 4.79 Å². The van der Waals surface area contributed by atoms with Crippen molar-refractivity contribution in [2.45, 2.75) is 6.42 Å². The van der Waals surface area contributed by atoms with Gasteiger partial charge in [0.05, 0.1) is 10.4 Å². The first-order chi connectivity index (χ1) is 6.93. The van der Waals surface area contributed by atoms with Crippen LogP contribution in [0.3, 0.4) is 0 Å². The maximum atomic E-state index is 11.4. The van der Waals surface area contributed by atoms with Crippen molar-refractivity contribution < 1.29 is 21.6 Å². The summed E-state index contributed by atoms with van der Waals surface area (Å²) < 4.78 is 46.1. The smallest absolute Gasteiger partial charge is 0.266 e. The second-order valence-corrected chi connectivity index (χ2v) is 5.52. The summed E-state index contributed by atoms with van der Waals surface area (Å²) in [5, 5.41) is 0. The highest BCUT2D eigenvalue weighted by Crippen LogP contribution is 2.26. The number of nitrogens with one attached hydrogen (secondary N) is 1. The molecule has 2 rings (SSSR count). The van der Waals surface area contributed by atoms with Crippen LogP contribution >= 0.6 is 0 Å². The van der Waals surface area contributed by atoms with Crippen molar-refractivity contribution in [1.29, 1.82) is 0 Å². The zero-order valence-electron chi connectivity index (χ0n) is 7.22. The Bertz CT molecular complexity index is 639. The van der Waals surface area contributed by atoms with Crippen molar-refractivity contribution in [3.8, 4) is 0 Å². The molecule has 0 saturated carbocycles. The number of hydrogen-bond acceptors (Lipinski definition) is 5. The summed E-state index contributed by atoms with van der Waals surface area (Å²) in [4.78, 5) is 10.5. The third-order valence-corrected chi connectivity index (χ3v) is 4.39. The molecule has 2 aliphatic rings. The molecule has 0 spiro atoms. The van der Waals surface area contributed by atoms with Gasteiger partial charge in [-0.05, 0) is 0 Å². The number of amides is 1. The number of sulfonamides is 1. The first-order valence-corrected chi connectivity index (χ1v) is 6.43. The molecule has 1 N–H and O–H groups in total. The number of hydrogen-bond donors (Lipinski definition) is 1. The van der Waals surface area contributed by atoms with Gasteiger partial charge in [0.15, 0.2) is 0 Å². The standard InChI is InChI=1S/C7H5NO5S2/c9-7-4-2-1-3-5(14(10)11)6(4)15(12,13)8-7/h1-2H,3H2,(H,8,9). The molecular formula is C7H5NO5S2. The van der Waals surface area contributed by atoms with Crippen molar-refractivity contribution in [1.82, 2.24) is 4.72 Å². The summed E-state index contributed by atoms with van der Waals surface area (Å²) in [7, 11) is -6.63. The van der Waals surface area contributed by atoms with E-state index in [-0.39, 0.29) is 16.9 Å². The minimum Gasteiger partial charge on any atom is -0.268 e. The number of rotatable bonds is 0. The molecule has 0 radical (unpaired) electrons. The molecule has 0 bridgehead atoms. The second kappa shape index (κ2) is 3.04. The normalized spacial score (nSPS) is 22.7. The fourth-order valence-electron chi connectivity index (χ4n) is 1.45. The topological polar surface area (TPSA) is 97.4 Å². The van der Waals surface area contributed by atoms with Crippen LogP contribution in [-0.2, 0) is 25.1 Å². The van der Waals surface area contributed by atoms with Gasteiger partial charge < -0.3 is 0 Å². The largest absolute Gasteiger partial charge is 0.268 e. The van der Waals surface area contributed by atoms with Crippen LogP contribution in [-0.4, -0.2) is 27.6 Å². The summed E-state index contributed by atoms with van der Waals surface area (Å²) in [5.74, 6) is -0.788. The summed E-state index contributed by atoms with van der Waals surface area (Å²) in [5.41, 5.74) is -0.111. The lowest BCUT2D eigenvalue weighted by Crippen LogP contribution is -2.24. The molecule has 0 aromatic heterocycles. The molecule has 6 nitrogen and oxygen atoms in total. The highest BCUT2D eigenvalue weighted by Gasteiger charge is 2.38. The Morgan fingerprint density at radius 3 is 2.60 bits per heavy atom. The fourth-order valence-corrected chi connectivity index (χ4v) is 3.76. The molecule has 0 aromatic rings. The zero-order chi connectivity index (χ0) is 11.2. The van der Waals surface area contributed by atoms with Crippen LogP contribution in [0.25, 0.3) is 0 Å². The molecule has 0 saturated heterocycles. The van der Waals surface area contributed by atoms with Crippen molar-refractivity contribution in [3.05, 3.63) is 22.6 Å². The van der Waals surface area contributed by atoms with Crippen LogP contribution < -0.4 is 4.72 Å². The highest BCUT2D eigenvalue weighted by molar-refractivity contribution is 7.97. The Hall–Kier alpha value is -1.41. The lowest BCUT2D eigenvalue weighted by molar-refractivity contribution is -0.115. The van der Waals surface area contributed by atoms with Crippen LogP contribution in [0.15, 0.2) is 22.6 Å². The van der Waals surface area contributed by atoms with Crippen LogP contribution in [0.5, 0.6) is 0 Å². The maximum Gasteiger partial charge on any atom is 0.266 e. The van der Waals surface area contributed by atoms with Gasteiger partial charge in [-0.15, -0.1) is 0 Å². The third kappa shape index (κ3) is 1.41. The predicted molar refractivity (Wildman–Crippen MR) is 51.8 cm³/mol. The van der Waals surface area contributed by atoms with Gasteiger partial charge >= 0.3 is 0 Å². The summed E-state index contributed by atoms with van der Waals surface area (Å²) in [6.45, 7) is 0. The van der Waals surface area contributed by atoms with E-state index in [0.29, 0.717) is 0 Å². The second-order valence-electron chi connectivity index (χ2n) is 2.94. The Kier molecular flexibility index (Phi) is 2.05. The molecule has 1 heterocycles. The van der Waals surface area contributed by atoms with Gasteiger partial charge in [-0.1, -0.05) is 12.2 Å². The van der Waals surface area contributed by atoms with Crippen molar-refractivity contribution in [2.75, 3.05) is 0 Å². The maximum absolute atomic E-state index is 11.4. The van der Waals surface area contributed by atoms with Gasteiger partial charge in [-0.2, -0.15) is 8.42 Å². The van der Waals surface area contributed by atoms with Crippen LogP contribution in [0.2, 0.25) is 0 Å². The number of allylic oxidation sites excluding steroid dienone is 2. The van der Waals surface area contributed by atoms with E-state index in [2.05, 4.69) is 0 Å². The average Bonchev–Trinajstić information content (AvgIpc) is 2.37. The number of carbonyl (C=O) groups excluding carboxylic acids is 1. The van der Waals surface area contributed by atoms with E-state index in [1.165, 1.54) is 12.2 Å². The molecule has 8 heteroatoms. The molecule has 0 unspecified atom stereocenters. The van der Waals surface area contributed by atoms with Gasteiger partial charge in [0.25, 0.3) is 15.9 Å². The first-order valence-electron chi connectivity index (χ1n) is 3.87. The average molecular weight is 247 g/mol. The first kappa shape index (κ1) is 10.1. The summed E-state index contributed by atoms with van der Waals surface area (Å²) in [6.07, 6.45) is 2.74. The quantitative estimate of drug-likeness (QED) is 0.537. The van der Waals surface area contributed by atoms with Crippen LogP contribution in [0, 0.1) is 0 Å². The Morgan fingerprint density at radius 1 is 1.33 bits per heavy atom. The fraction of sp³-hybridized carbons (Fsp3) is 0.143. The molecule has 1 amide bonds. The van der Waals surface area contributed by atoms with E-state index in [1.54, 1.807) is 4.72 Å². The van der Waals surface area contributed by atoms with Gasteiger partial charge in [0.2, 0.25) is 10.3 Å². The van der Waals surface area contributed by atoms with Crippen molar-refractivity contribution >= 4 is 31.1 Å². The van der Waals surface area contributed by atoms with E-state index in [1.807, 2.05) is 0 Å². The Morgan fingerprint density at radius 2 is 2.00 bits per heavy atom. The van der Waals surface area contributed by atoms with E-state index in [9.17, 15) is 21.6 Å². The number of carbonyl (C=O) groups is 1. The van der Waals surface area contributed by atoms with E-state index in [0.717, 1.165) is 0 Å². The summed E-state index contributed by atoms with van der Waals surface area (Å²) >= 11 is 0. The van der Waals surface area contributed by atoms with Gasteiger partial charge in [0, 0.05) is 6.42 Å². The molecule has 0 aromatic carbocycles. The molecule has 1 aliphatic carbocycles. The molecular weight excluding hydrogens is 242 g/mol. The van der Waals surface area contributed by atoms with E-state index in [4.69, 9.17) is 0 Å². The Balaban J connectivity index is 2.87. The SMILES string of the molecule is O=C1NS(=O)(=O)C2=C1C=CCC2=S(=O)=O. The van der Waals surface area contributed by atoms with E-state index >= 15 is 0 Å². The molecule has 0 fully saturated rings. The third-order valence-electron chi connectivity index (χ3n) is 2.03. The lowest BCUT2D eigenvalue weighted by Gasteiger charge is -2.04. The molecule has 15 heavy (non-hydrogen) atoms. The zero-order valence-corrected chi connectivity index (χ0v) is 8.85. The molecule has 1 aliphatic heterocycles. The van der Waals surface area contributed by atoms with Crippen LogP contribution in [0.1, 0.15) is 6.42 Å². The Labute approximate surface area is 86.9 Å². The highest BCUT2D eigenvalue weighted by atomic mass is 32.2. The van der Waals surface area contributed by atoms with E-state index < -0.39 is 31.1 Å². The monoisotopic (exact) mass is 247 g/mol. The molecule has 0 atom stereocenters. The van der Waals surface area contributed by atoms with Crippen LogP contribution in [0.4, 0.5) is 0 Å². The van der Waals surface area contributed by atoms with Gasteiger partial charge in [0.1, 0.15) is 4.91 Å².